The normalized spacial score (nSPS) is 11.9. The molecule has 25 heavy (non-hydrogen) atoms. The second-order valence-corrected chi connectivity index (χ2v) is 5.70. The van der Waals surface area contributed by atoms with Crippen LogP contribution in [0.15, 0.2) is 30.5 Å². The van der Waals surface area contributed by atoms with Crippen LogP contribution in [0.1, 0.15) is 5.56 Å². The molecule has 7 nitrogen and oxygen atoms in total. The molecule has 1 aromatic heterocycles. The number of aromatic nitrogens is 2. The van der Waals surface area contributed by atoms with Gasteiger partial charge in [-0.05, 0) is 29.3 Å². The van der Waals surface area contributed by atoms with Gasteiger partial charge in [-0.15, -0.1) is 0 Å². The monoisotopic (exact) mass is 367 g/mol. The van der Waals surface area contributed by atoms with E-state index in [2.05, 4.69) is 9.97 Å². The largest absolute Gasteiger partial charge is 0.497 e. The van der Waals surface area contributed by atoms with Crippen molar-refractivity contribution in [2.24, 2.45) is 0 Å². The van der Waals surface area contributed by atoms with E-state index < -0.39 is 0 Å². The van der Waals surface area contributed by atoms with Crippen LogP contribution in [0.2, 0.25) is 5.28 Å². The molecule has 1 heterocycles. The Morgan fingerprint density at radius 3 is 2.56 bits per heavy atom. The zero-order chi connectivity index (χ0) is 18.2. The van der Waals surface area contributed by atoms with Crippen molar-refractivity contribution in [1.29, 1.82) is 0 Å². The maximum Gasteiger partial charge on any atom is 0.224 e. The standard InChI is InChI=1S/C17H22ClN3O4/c1-21(13(9-22)11-23-2)16-15(8-19-17(18)20-16)25-10-12-4-6-14(24-3)7-5-12/h4-8,13,22H,9-11H2,1-3H3. The Bertz CT molecular complexity index is 669. The first-order valence-corrected chi connectivity index (χ1v) is 8.07. The van der Waals surface area contributed by atoms with Gasteiger partial charge in [0, 0.05) is 14.2 Å². The molecular formula is C17H22ClN3O4. The number of halogens is 1. The van der Waals surface area contributed by atoms with Crippen LogP contribution in [0, 0.1) is 0 Å². The third-order valence-electron chi connectivity index (χ3n) is 3.71. The van der Waals surface area contributed by atoms with Crippen molar-refractivity contribution in [1.82, 2.24) is 9.97 Å². The molecule has 1 aromatic carbocycles. The number of anilines is 1. The van der Waals surface area contributed by atoms with Crippen LogP contribution in [0.4, 0.5) is 5.82 Å². The van der Waals surface area contributed by atoms with Gasteiger partial charge in [0.1, 0.15) is 12.4 Å². The van der Waals surface area contributed by atoms with E-state index in [9.17, 15) is 5.11 Å². The maximum absolute atomic E-state index is 9.56. The van der Waals surface area contributed by atoms with Crippen molar-refractivity contribution in [3.63, 3.8) is 0 Å². The maximum atomic E-state index is 9.56. The number of likely N-dealkylation sites (N-methyl/N-ethyl adjacent to an activating group) is 1. The molecule has 0 aliphatic carbocycles. The number of hydrogen-bond donors (Lipinski definition) is 1. The van der Waals surface area contributed by atoms with Gasteiger partial charge in [0.25, 0.3) is 0 Å². The van der Waals surface area contributed by atoms with E-state index in [1.807, 2.05) is 24.3 Å². The molecule has 1 unspecified atom stereocenters. The Kier molecular flexibility index (Phi) is 7.24. The molecule has 1 N–H and O–H groups in total. The topological polar surface area (TPSA) is 76.9 Å². The molecule has 0 saturated heterocycles. The Morgan fingerprint density at radius 2 is 1.96 bits per heavy atom. The third kappa shape index (κ3) is 5.19. The summed E-state index contributed by atoms with van der Waals surface area (Å²) < 4.78 is 16.1. The Labute approximate surface area is 152 Å². The Hall–Kier alpha value is -2.09. The van der Waals surface area contributed by atoms with Gasteiger partial charge in [-0.1, -0.05) is 12.1 Å². The zero-order valence-corrected chi connectivity index (χ0v) is 15.2. The predicted octanol–water partition coefficient (Wildman–Crippen LogP) is 2.16. The van der Waals surface area contributed by atoms with Crippen molar-refractivity contribution < 1.29 is 19.3 Å². The lowest BCUT2D eigenvalue weighted by Crippen LogP contribution is -2.39. The van der Waals surface area contributed by atoms with Crippen LogP contribution < -0.4 is 14.4 Å². The molecule has 1 atom stereocenters. The van der Waals surface area contributed by atoms with Crippen LogP contribution in [0.5, 0.6) is 11.5 Å². The molecule has 0 aliphatic heterocycles. The number of aliphatic hydroxyl groups excluding tert-OH is 1. The number of methoxy groups -OCH3 is 2. The van der Waals surface area contributed by atoms with E-state index in [1.165, 1.54) is 6.20 Å². The van der Waals surface area contributed by atoms with Crippen LogP contribution in [0.3, 0.4) is 0 Å². The third-order valence-corrected chi connectivity index (χ3v) is 3.89. The highest BCUT2D eigenvalue weighted by atomic mass is 35.5. The lowest BCUT2D eigenvalue weighted by atomic mass is 10.2. The van der Waals surface area contributed by atoms with E-state index in [0.29, 0.717) is 24.8 Å². The van der Waals surface area contributed by atoms with Crippen molar-refractivity contribution in [2.45, 2.75) is 12.6 Å². The average molecular weight is 368 g/mol. The van der Waals surface area contributed by atoms with Gasteiger partial charge in [-0.25, -0.2) is 4.98 Å². The fraction of sp³-hybridized carbons (Fsp3) is 0.412. The second-order valence-electron chi connectivity index (χ2n) is 5.37. The van der Waals surface area contributed by atoms with Crippen molar-refractivity contribution in [3.05, 3.63) is 41.3 Å². The van der Waals surface area contributed by atoms with E-state index in [1.54, 1.807) is 26.2 Å². The summed E-state index contributed by atoms with van der Waals surface area (Å²) in [5.74, 6) is 1.74. The van der Waals surface area contributed by atoms with Gasteiger partial charge in [-0.2, -0.15) is 4.98 Å². The minimum atomic E-state index is -0.278. The van der Waals surface area contributed by atoms with Gasteiger partial charge >= 0.3 is 0 Å². The fourth-order valence-electron chi connectivity index (χ4n) is 2.23. The minimum absolute atomic E-state index is 0.0934. The molecule has 136 valence electrons. The first-order valence-electron chi connectivity index (χ1n) is 7.70. The van der Waals surface area contributed by atoms with E-state index >= 15 is 0 Å². The number of hydrogen-bond acceptors (Lipinski definition) is 7. The lowest BCUT2D eigenvalue weighted by Gasteiger charge is -2.28. The molecule has 2 rings (SSSR count). The number of nitrogens with zero attached hydrogens (tertiary/aromatic N) is 3. The first-order chi connectivity index (χ1) is 12.1. The van der Waals surface area contributed by atoms with Crippen molar-refractivity contribution >= 4 is 17.4 Å². The molecule has 0 amide bonds. The van der Waals surface area contributed by atoms with E-state index in [4.69, 9.17) is 25.8 Å². The summed E-state index contributed by atoms with van der Waals surface area (Å²) in [6.07, 6.45) is 1.52. The molecule has 2 aromatic rings. The van der Waals surface area contributed by atoms with Crippen LogP contribution in [-0.2, 0) is 11.3 Å². The van der Waals surface area contributed by atoms with Crippen LogP contribution in [0.25, 0.3) is 0 Å². The molecule has 0 aliphatic rings. The quantitative estimate of drug-likeness (QED) is 0.680. The SMILES string of the molecule is COCC(CO)N(C)c1nc(Cl)ncc1OCc1ccc(OC)cc1. The summed E-state index contributed by atoms with van der Waals surface area (Å²) >= 11 is 5.92. The molecular weight excluding hydrogens is 346 g/mol. The summed E-state index contributed by atoms with van der Waals surface area (Å²) in [6.45, 7) is 0.584. The number of aliphatic hydroxyl groups is 1. The van der Waals surface area contributed by atoms with Gasteiger partial charge in [0.05, 0.1) is 32.6 Å². The zero-order valence-electron chi connectivity index (χ0n) is 14.5. The summed E-state index contributed by atoms with van der Waals surface area (Å²) in [4.78, 5) is 9.98. The van der Waals surface area contributed by atoms with Gasteiger partial charge in [0.15, 0.2) is 11.6 Å². The highest BCUT2D eigenvalue weighted by Crippen LogP contribution is 2.28. The minimum Gasteiger partial charge on any atom is -0.497 e. The first kappa shape index (κ1) is 19.2. The predicted molar refractivity (Wildman–Crippen MR) is 95.5 cm³/mol. The number of rotatable bonds is 9. The molecule has 0 radical (unpaired) electrons. The second kappa shape index (κ2) is 9.41. The molecule has 0 fully saturated rings. The van der Waals surface area contributed by atoms with Gasteiger partial charge < -0.3 is 24.2 Å². The van der Waals surface area contributed by atoms with E-state index in [0.717, 1.165) is 11.3 Å². The summed E-state index contributed by atoms with van der Waals surface area (Å²) in [5, 5.41) is 9.66. The van der Waals surface area contributed by atoms with E-state index in [-0.39, 0.29) is 17.9 Å². The van der Waals surface area contributed by atoms with Crippen LogP contribution >= 0.6 is 11.6 Å². The molecule has 0 bridgehead atoms. The molecule has 8 heteroatoms. The summed E-state index contributed by atoms with van der Waals surface area (Å²) in [5.41, 5.74) is 0.972. The number of benzene rings is 1. The number of ether oxygens (including phenoxy) is 3. The average Bonchev–Trinajstić information content (AvgIpc) is 2.65. The van der Waals surface area contributed by atoms with Gasteiger partial charge in [-0.3, -0.25) is 0 Å². The summed E-state index contributed by atoms with van der Waals surface area (Å²) in [6, 6.07) is 7.29. The van der Waals surface area contributed by atoms with Crippen LogP contribution in [-0.4, -0.2) is 55.6 Å². The van der Waals surface area contributed by atoms with Crippen molar-refractivity contribution in [3.8, 4) is 11.5 Å². The molecule has 0 saturated carbocycles. The fourth-order valence-corrected chi connectivity index (χ4v) is 2.36. The Morgan fingerprint density at radius 1 is 1.24 bits per heavy atom. The van der Waals surface area contributed by atoms with Gasteiger partial charge in [0.2, 0.25) is 5.28 Å². The highest BCUT2D eigenvalue weighted by molar-refractivity contribution is 6.28. The highest BCUT2D eigenvalue weighted by Gasteiger charge is 2.20. The smallest absolute Gasteiger partial charge is 0.224 e. The summed E-state index contributed by atoms with van der Waals surface area (Å²) in [7, 11) is 4.99. The van der Waals surface area contributed by atoms with Crippen molar-refractivity contribution in [2.75, 3.05) is 39.4 Å². The lowest BCUT2D eigenvalue weighted by molar-refractivity contribution is 0.142. The molecule has 0 spiro atoms. The Balaban J connectivity index is 2.16.